The molecule has 0 radical (unpaired) electrons. The molecule has 3 aromatic rings. The number of aryl methyl sites for hydroxylation is 1. The molecule has 1 amide bonds. The average Bonchev–Trinajstić information content (AvgIpc) is 3.09. The highest BCUT2D eigenvalue weighted by molar-refractivity contribution is 6.46. The fraction of sp³-hybridized carbons (Fsp3) is 0.290. The van der Waals surface area contributed by atoms with Crippen molar-refractivity contribution in [2.75, 3.05) is 6.61 Å². The summed E-state index contributed by atoms with van der Waals surface area (Å²) in [5.41, 5.74) is 2.76. The number of rotatable bonds is 7. The van der Waals surface area contributed by atoms with Gasteiger partial charge in [0.15, 0.2) is 0 Å². The lowest BCUT2D eigenvalue weighted by atomic mass is 9.94. The van der Waals surface area contributed by atoms with E-state index in [1.165, 1.54) is 4.90 Å². The SMILES string of the molecule is CCOc1cccc(/C(O)=C2/C(=O)C(=O)N(Cc3ccc(OC(C)(C)C)cc3)C2c2cccc(C)c2)c1. The molecule has 3 aromatic carbocycles. The van der Waals surface area contributed by atoms with E-state index in [9.17, 15) is 14.7 Å². The molecule has 0 spiro atoms. The summed E-state index contributed by atoms with van der Waals surface area (Å²) in [7, 11) is 0. The van der Waals surface area contributed by atoms with Crippen molar-refractivity contribution >= 4 is 17.4 Å². The van der Waals surface area contributed by atoms with E-state index in [0.29, 0.717) is 17.9 Å². The summed E-state index contributed by atoms with van der Waals surface area (Å²) >= 11 is 0. The molecule has 6 heteroatoms. The molecule has 1 aliphatic heterocycles. The number of hydrogen-bond acceptors (Lipinski definition) is 5. The van der Waals surface area contributed by atoms with Gasteiger partial charge in [0, 0.05) is 12.1 Å². The highest BCUT2D eigenvalue weighted by atomic mass is 16.5. The summed E-state index contributed by atoms with van der Waals surface area (Å²) < 4.78 is 11.5. The highest BCUT2D eigenvalue weighted by Gasteiger charge is 2.46. The van der Waals surface area contributed by atoms with Crippen molar-refractivity contribution in [3.8, 4) is 11.5 Å². The van der Waals surface area contributed by atoms with Crippen LogP contribution in [0.15, 0.2) is 78.4 Å². The van der Waals surface area contributed by atoms with E-state index in [1.807, 2.05) is 83.1 Å². The first-order valence-corrected chi connectivity index (χ1v) is 12.4. The van der Waals surface area contributed by atoms with Crippen LogP contribution in [0.25, 0.3) is 5.76 Å². The smallest absolute Gasteiger partial charge is 0.295 e. The van der Waals surface area contributed by atoms with E-state index >= 15 is 0 Å². The standard InChI is InChI=1S/C31H33NO5/c1-6-36-25-12-8-11-23(18-25)28(33)26-27(22-10-7-9-20(2)17-22)32(30(35)29(26)34)19-21-13-15-24(16-14-21)37-31(3,4)5/h7-18,27,33H,6,19H2,1-5H3/b28-26-. The molecule has 6 nitrogen and oxygen atoms in total. The molecule has 1 atom stereocenters. The van der Waals surface area contributed by atoms with Gasteiger partial charge in [0.2, 0.25) is 0 Å². The molecule has 1 saturated heterocycles. The second-order valence-corrected chi connectivity index (χ2v) is 10.2. The molecule has 1 heterocycles. The summed E-state index contributed by atoms with van der Waals surface area (Å²) in [4.78, 5) is 28.2. The molecular weight excluding hydrogens is 466 g/mol. The molecule has 0 saturated carbocycles. The number of carbonyl (C=O) groups is 2. The van der Waals surface area contributed by atoms with E-state index < -0.39 is 17.7 Å². The zero-order valence-electron chi connectivity index (χ0n) is 21.9. The Balaban J connectivity index is 1.76. The molecule has 0 aliphatic carbocycles. The number of ether oxygens (including phenoxy) is 2. The molecule has 0 aromatic heterocycles. The summed E-state index contributed by atoms with van der Waals surface area (Å²) in [6.07, 6.45) is 0. The van der Waals surface area contributed by atoms with Crippen molar-refractivity contribution in [3.05, 3.63) is 101 Å². The second-order valence-electron chi connectivity index (χ2n) is 10.2. The van der Waals surface area contributed by atoms with Gasteiger partial charge in [-0.2, -0.15) is 0 Å². The fourth-order valence-corrected chi connectivity index (χ4v) is 4.50. The van der Waals surface area contributed by atoms with Gasteiger partial charge in [0.05, 0.1) is 18.2 Å². The number of carbonyl (C=O) groups excluding carboxylic acids is 2. The van der Waals surface area contributed by atoms with Crippen molar-refractivity contribution in [3.63, 3.8) is 0 Å². The molecule has 4 rings (SSSR count). The lowest BCUT2D eigenvalue weighted by Gasteiger charge is -2.26. The number of aliphatic hydroxyl groups excluding tert-OH is 1. The first kappa shape index (κ1) is 26.0. The van der Waals surface area contributed by atoms with E-state index in [-0.39, 0.29) is 23.5 Å². The maximum Gasteiger partial charge on any atom is 0.295 e. The van der Waals surface area contributed by atoms with Crippen molar-refractivity contribution in [1.82, 2.24) is 4.90 Å². The van der Waals surface area contributed by atoms with Gasteiger partial charge >= 0.3 is 0 Å². The zero-order valence-corrected chi connectivity index (χ0v) is 21.9. The number of hydrogen-bond donors (Lipinski definition) is 1. The number of amides is 1. The minimum Gasteiger partial charge on any atom is -0.507 e. The van der Waals surface area contributed by atoms with Gasteiger partial charge in [0.25, 0.3) is 11.7 Å². The molecule has 37 heavy (non-hydrogen) atoms. The number of nitrogens with zero attached hydrogens (tertiary/aromatic N) is 1. The van der Waals surface area contributed by atoms with Crippen LogP contribution in [0.4, 0.5) is 0 Å². The third-order valence-corrected chi connectivity index (χ3v) is 6.02. The number of ketones is 1. The summed E-state index contributed by atoms with van der Waals surface area (Å²) in [6, 6.07) is 21.3. The lowest BCUT2D eigenvalue weighted by Crippen LogP contribution is -2.29. The second kappa shape index (κ2) is 10.5. The maximum absolute atomic E-state index is 13.4. The third-order valence-electron chi connectivity index (χ3n) is 6.02. The van der Waals surface area contributed by atoms with Crippen LogP contribution in [0.2, 0.25) is 0 Å². The Morgan fingerprint density at radius 2 is 1.65 bits per heavy atom. The Morgan fingerprint density at radius 1 is 0.946 bits per heavy atom. The van der Waals surface area contributed by atoms with Crippen molar-refractivity contribution < 1.29 is 24.2 Å². The predicted molar refractivity (Wildman–Crippen MR) is 143 cm³/mol. The molecule has 1 unspecified atom stereocenters. The van der Waals surface area contributed by atoms with Crippen molar-refractivity contribution in [2.45, 2.75) is 52.8 Å². The largest absolute Gasteiger partial charge is 0.507 e. The van der Waals surface area contributed by atoms with Gasteiger partial charge in [-0.05, 0) is 70.0 Å². The summed E-state index contributed by atoms with van der Waals surface area (Å²) in [5, 5.41) is 11.3. The molecule has 1 N–H and O–H groups in total. The van der Waals surface area contributed by atoms with Crippen LogP contribution in [-0.2, 0) is 16.1 Å². The summed E-state index contributed by atoms with van der Waals surface area (Å²) in [5.74, 6) is -0.279. The van der Waals surface area contributed by atoms with Crippen molar-refractivity contribution in [2.24, 2.45) is 0 Å². The van der Waals surface area contributed by atoms with Crippen LogP contribution in [0, 0.1) is 6.92 Å². The average molecular weight is 500 g/mol. The van der Waals surface area contributed by atoms with E-state index in [4.69, 9.17) is 9.47 Å². The topological polar surface area (TPSA) is 76.1 Å². The van der Waals surface area contributed by atoms with Crippen LogP contribution >= 0.6 is 0 Å². The van der Waals surface area contributed by atoms with E-state index in [0.717, 1.165) is 22.4 Å². The molecule has 0 bridgehead atoms. The minimum absolute atomic E-state index is 0.0666. The zero-order chi connectivity index (χ0) is 26.7. The van der Waals surface area contributed by atoms with Crippen LogP contribution in [-0.4, -0.2) is 33.9 Å². The highest BCUT2D eigenvalue weighted by Crippen LogP contribution is 2.41. The van der Waals surface area contributed by atoms with Gasteiger partial charge in [-0.1, -0.05) is 54.1 Å². The van der Waals surface area contributed by atoms with Gasteiger partial charge < -0.3 is 19.5 Å². The Morgan fingerprint density at radius 3 is 2.30 bits per heavy atom. The number of benzene rings is 3. The van der Waals surface area contributed by atoms with Crippen LogP contribution < -0.4 is 9.47 Å². The lowest BCUT2D eigenvalue weighted by molar-refractivity contribution is -0.140. The quantitative estimate of drug-likeness (QED) is 0.238. The Kier molecular flexibility index (Phi) is 7.39. The fourth-order valence-electron chi connectivity index (χ4n) is 4.50. The maximum atomic E-state index is 13.4. The molecule has 1 fully saturated rings. The minimum atomic E-state index is -0.735. The van der Waals surface area contributed by atoms with Gasteiger partial charge in [-0.3, -0.25) is 9.59 Å². The van der Waals surface area contributed by atoms with Crippen LogP contribution in [0.1, 0.15) is 56.0 Å². The Labute approximate surface area is 218 Å². The van der Waals surface area contributed by atoms with Gasteiger partial charge in [0.1, 0.15) is 22.9 Å². The van der Waals surface area contributed by atoms with Crippen LogP contribution in [0.3, 0.4) is 0 Å². The predicted octanol–water partition coefficient (Wildman–Crippen LogP) is 6.19. The molecule has 1 aliphatic rings. The van der Waals surface area contributed by atoms with Crippen molar-refractivity contribution in [1.29, 1.82) is 0 Å². The third kappa shape index (κ3) is 5.85. The normalized spacial score (nSPS) is 17.2. The molecule has 192 valence electrons. The molecular formula is C31H33NO5. The first-order chi connectivity index (χ1) is 17.6. The number of likely N-dealkylation sites (tertiary alicyclic amines) is 1. The van der Waals surface area contributed by atoms with Gasteiger partial charge in [-0.25, -0.2) is 0 Å². The monoisotopic (exact) mass is 499 g/mol. The first-order valence-electron chi connectivity index (χ1n) is 12.4. The Hall–Kier alpha value is -4.06. The van der Waals surface area contributed by atoms with Gasteiger partial charge in [-0.15, -0.1) is 0 Å². The number of Topliss-reactive ketones (excluding diaryl/α,β-unsaturated/α-hetero) is 1. The van der Waals surface area contributed by atoms with Crippen LogP contribution in [0.5, 0.6) is 11.5 Å². The Bertz CT molecular complexity index is 1330. The number of aliphatic hydroxyl groups is 1. The van der Waals surface area contributed by atoms with E-state index in [2.05, 4.69) is 0 Å². The summed E-state index contributed by atoms with van der Waals surface area (Å²) in [6.45, 7) is 10.4. The van der Waals surface area contributed by atoms with E-state index in [1.54, 1.807) is 24.3 Å².